The molecule has 0 saturated carbocycles. The van der Waals surface area contributed by atoms with E-state index in [9.17, 15) is 14.4 Å². The second-order valence-corrected chi connectivity index (χ2v) is 4.15. The number of rotatable bonds is 5. The van der Waals surface area contributed by atoms with Crippen molar-refractivity contribution in [1.82, 2.24) is 4.98 Å². The van der Waals surface area contributed by atoms with Crippen LogP contribution in [0.15, 0.2) is 42.7 Å². The number of carboxylic acids is 2. The molecule has 2 aromatic rings. The third-order valence-corrected chi connectivity index (χ3v) is 2.78. The maximum absolute atomic E-state index is 12.1. The highest BCUT2D eigenvalue weighted by Crippen LogP contribution is 2.03. The number of benzene rings is 1. The molecule has 21 heavy (non-hydrogen) atoms. The summed E-state index contributed by atoms with van der Waals surface area (Å²) in [7, 11) is 0. The number of hydrogen-bond acceptors (Lipinski definition) is 4. The van der Waals surface area contributed by atoms with Crippen LogP contribution in [0.3, 0.4) is 0 Å². The van der Waals surface area contributed by atoms with Gasteiger partial charge in [0.2, 0.25) is 18.0 Å². The molecule has 106 valence electrons. The minimum absolute atomic E-state index is 0.283. The number of carbonyl (C=O) groups is 3. The van der Waals surface area contributed by atoms with Crippen LogP contribution in [-0.4, -0.2) is 32.9 Å². The molecule has 0 saturated heterocycles. The van der Waals surface area contributed by atoms with Gasteiger partial charge in [0.15, 0.2) is 6.20 Å². The SMILES string of the molecule is O=C(C[n+]1ccnc(C(=O)O)c1C(=O)O)c1ccccc1. The zero-order valence-corrected chi connectivity index (χ0v) is 10.8. The summed E-state index contributed by atoms with van der Waals surface area (Å²) in [6.45, 7) is -0.283. The van der Waals surface area contributed by atoms with Crippen LogP contribution in [0, 0.1) is 0 Å². The van der Waals surface area contributed by atoms with Gasteiger partial charge < -0.3 is 10.2 Å². The first kappa shape index (κ1) is 14.3. The molecule has 0 atom stereocenters. The Hall–Kier alpha value is -3.09. The number of nitrogens with zero attached hydrogens (tertiary/aromatic N) is 2. The molecular formula is C14H11N2O5+. The lowest BCUT2D eigenvalue weighted by molar-refractivity contribution is -0.686. The topological polar surface area (TPSA) is 108 Å². The highest BCUT2D eigenvalue weighted by atomic mass is 16.4. The van der Waals surface area contributed by atoms with E-state index >= 15 is 0 Å². The monoisotopic (exact) mass is 287 g/mol. The lowest BCUT2D eigenvalue weighted by atomic mass is 10.1. The van der Waals surface area contributed by atoms with Gasteiger partial charge in [-0.05, 0) is 0 Å². The maximum atomic E-state index is 12.1. The fourth-order valence-corrected chi connectivity index (χ4v) is 1.84. The highest BCUT2D eigenvalue weighted by molar-refractivity contribution is 5.98. The molecule has 0 radical (unpaired) electrons. The zero-order chi connectivity index (χ0) is 15.4. The molecule has 7 heteroatoms. The average Bonchev–Trinajstić information content (AvgIpc) is 2.47. The summed E-state index contributed by atoms with van der Waals surface area (Å²) in [6.07, 6.45) is 2.41. The lowest BCUT2D eigenvalue weighted by Gasteiger charge is -2.02. The van der Waals surface area contributed by atoms with Crippen LogP contribution in [0.1, 0.15) is 31.3 Å². The predicted molar refractivity (Wildman–Crippen MR) is 69.1 cm³/mol. The zero-order valence-electron chi connectivity index (χ0n) is 10.8. The van der Waals surface area contributed by atoms with Crippen LogP contribution < -0.4 is 4.57 Å². The van der Waals surface area contributed by atoms with Gasteiger partial charge in [0, 0.05) is 5.56 Å². The van der Waals surface area contributed by atoms with Crippen LogP contribution in [0.2, 0.25) is 0 Å². The van der Waals surface area contributed by atoms with E-state index in [4.69, 9.17) is 10.2 Å². The van der Waals surface area contributed by atoms with Gasteiger partial charge in [-0.15, -0.1) is 0 Å². The smallest absolute Gasteiger partial charge is 0.403 e. The minimum atomic E-state index is -1.46. The quantitative estimate of drug-likeness (QED) is 0.617. The fraction of sp³-hybridized carbons (Fsp3) is 0.0714. The molecule has 1 aromatic carbocycles. The van der Waals surface area contributed by atoms with Crippen LogP contribution in [0.25, 0.3) is 0 Å². The number of Topliss-reactive ketones (excluding diaryl/α,β-unsaturated/α-hetero) is 1. The molecule has 0 spiro atoms. The second-order valence-electron chi connectivity index (χ2n) is 4.15. The third-order valence-electron chi connectivity index (χ3n) is 2.78. The van der Waals surface area contributed by atoms with Crippen LogP contribution in [0.5, 0.6) is 0 Å². The molecule has 2 N–H and O–H groups in total. The van der Waals surface area contributed by atoms with Crippen molar-refractivity contribution in [1.29, 1.82) is 0 Å². The Bertz CT molecular complexity index is 713. The lowest BCUT2D eigenvalue weighted by Crippen LogP contribution is -2.45. The van der Waals surface area contributed by atoms with Gasteiger partial charge in [-0.3, -0.25) is 4.79 Å². The molecular weight excluding hydrogens is 276 g/mol. The first-order valence-corrected chi connectivity index (χ1v) is 5.94. The van der Waals surface area contributed by atoms with E-state index in [-0.39, 0.29) is 12.3 Å². The van der Waals surface area contributed by atoms with Crippen molar-refractivity contribution in [2.75, 3.05) is 0 Å². The predicted octanol–water partition coefficient (Wildman–Crippen LogP) is 0.648. The summed E-state index contributed by atoms with van der Waals surface area (Å²) >= 11 is 0. The molecule has 0 bridgehead atoms. The van der Waals surface area contributed by atoms with E-state index in [0.29, 0.717) is 5.56 Å². The first-order valence-electron chi connectivity index (χ1n) is 5.94. The van der Waals surface area contributed by atoms with Crippen LogP contribution in [0.4, 0.5) is 0 Å². The van der Waals surface area contributed by atoms with Gasteiger partial charge in [-0.1, -0.05) is 30.3 Å². The van der Waals surface area contributed by atoms with E-state index < -0.39 is 23.3 Å². The Labute approximate surface area is 119 Å². The summed E-state index contributed by atoms with van der Waals surface area (Å²) in [4.78, 5) is 37.9. The Morgan fingerprint density at radius 3 is 2.29 bits per heavy atom. The van der Waals surface area contributed by atoms with Crippen molar-refractivity contribution < 1.29 is 29.2 Å². The number of carboxylic acid groups (broad SMARTS) is 2. The largest absolute Gasteiger partial charge is 0.476 e. The maximum Gasteiger partial charge on any atom is 0.403 e. The van der Waals surface area contributed by atoms with Crippen molar-refractivity contribution in [3.63, 3.8) is 0 Å². The van der Waals surface area contributed by atoms with Gasteiger partial charge >= 0.3 is 17.6 Å². The molecule has 0 fully saturated rings. The number of aromatic nitrogens is 2. The third kappa shape index (κ3) is 3.08. The van der Waals surface area contributed by atoms with Gasteiger partial charge in [0.05, 0.1) is 6.20 Å². The molecule has 0 unspecified atom stereocenters. The van der Waals surface area contributed by atoms with Crippen molar-refractivity contribution in [2.45, 2.75) is 6.54 Å². The Balaban J connectivity index is 2.41. The Kier molecular flexibility index (Phi) is 4.03. The van der Waals surface area contributed by atoms with Crippen LogP contribution >= 0.6 is 0 Å². The number of ketones is 1. The Morgan fingerprint density at radius 2 is 1.71 bits per heavy atom. The number of carbonyl (C=O) groups excluding carboxylic acids is 1. The molecule has 0 aliphatic heterocycles. The summed E-state index contributed by atoms with van der Waals surface area (Å²) in [6, 6.07) is 8.32. The molecule has 0 amide bonds. The van der Waals surface area contributed by atoms with Gasteiger partial charge in [0.1, 0.15) is 0 Å². The molecule has 1 heterocycles. The van der Waals surface area contributed by atoms with Gasteiger partial charge in [0.25, 0.3) is 0 Å². The fourth-order valence-electron chi connectivity index (χ4n) is 1.84. The summed E-state index contributed by atoms with van der Waals surface area (Å²) < 4.78 is 1.06. The van der Waals surface area contributed by atoms with Gasteiger partial charge in [-0.2, -0.15) is 4.57 Å². The molecule has 7 nitrogen and oxygen atoms in total. The summed E-state index contributed by atoms with van der Waals surface area (Å²) in [5.74, 6) is -3.25. The first-order chi connectivity index (χ1) is 10.0. The Morgan fingerprint density at radius 1 is 1.05 bits per heavy atom. The molecule has 0 aliphatic carbocycles. The standard InChI is InChI=1S/C14H10N2O5/c17-10(9-4-2-1-3-5-9)8-16-7-6-15-11(13(18)19)12(16)14(20)21/h1-7H,8H2,(H-,18,19,20,21)/p+1. The highest BCUT2D eigenvalue weighted by Gasteiger charge is 2.30. The van der Waals surface area contributed by atoms with E-state index in [1.807, 2.05) is 0 Å². The molecule has 1 aromatic heterocycles. The van der Waals surface area contributed by atoms with Crippen molar-refractivity contribution in [3.8, 4) is 0 Å². The molecule has 0 aliphatic rings. The number of hydrogen-bond donors (Lipinski definition) is 2. The van der Waals surface area contributed by atoms with E-state index in [1.54, 1.807) is 30.3 Å². The minimum Gasteiger partial charge on any atom is -0.476 e. The van der Waals surface area contributed by atoms with E-state index in [2.05, 4.69) is 4.98 Å². The van der Waals surface area contributed by atoms with Crippen LogP contribution in [-0.2, 0) is 6.54 Å². The number of aromatic carboxylic acids is 2. The van der Waals surface area contributed by atoms with E-state index in [1.165, 1.54) is 6.20 Å². The second kappa shape index (κ2) is 5.91. The van der Waals surface area contributed by atoms with Crippen molar-refractivity contribution in [3.05, 3.63) is 59.7 Å². The van der Waals surface area contributed by atoms with E-state index in [0.717, 1.165) is 10.8 Å². The molecule has 2 rings (SSSR count). The average molecular weight is 287 g/mol. The van der Waals surface area contributed by atoms with Gasteiger partial charge in [-0.25, -0.2) is 14.6 Å². The summed E-state index contributed by atoms with van der Waals surface area (Å²) in [5, 5.41) is 18.1. The summed E-state index contributed by atoms with van der Waals surface area (Å²) in [5.41, 5.74) is -0.727. The normalized spacial score (nSPS) is 10.1. The van der Waals surface area contributed by atoms with Crippen molar-refractivity contribution >= 4 is 17.7 Å². The van der Waals surface area contributed by atoms with Crippen molar-refractivity contribution in [2.24, 2.45) is 0 Å².